The standard InChI is InChI=1S/C13H12FNO/c14-9-4-5-10-11(8-16)12-3-1-2-6-15(12)13(10)7-9/h4-5,7-8H,1-3,6H2. The van der Waals surface area contributed by atoms with Crippen LogP contribution in [0.3, 0.4) is 0 Å². The van der Waals surface area contributed by atoms with Crippen LogP contribution in [0, 0.1) is 5.82 Å². The van der Waals surface area contributed by atoms with Crippen molar-refractivity contribution >= 4 is 17.2 Å². The first-order chi connectivity index (χ1) is 7.81. The second-order valence-corrected chi connectivity index (χ2v) is 4.25. The molecule has 0 spiro atoms. The SMILES string of the molecule is O=Cc1c2n(c3cc(F)ccc13)CCCC2. The van der Waals surface area contributed by atoms with Gasteiger partial charge in [-0.1, -0.05) is 0 Å². The lowest BCUT2D eigenvalue weighted by atomic mass is 10.1. The van der Waals surface area contributed by atoms with Gasteiger partial charge in [0.25, 0.3) is 0 Å². The van der Waals surface area contributed by atoms with Crippen molar-refractivity contribution in [3.05, 3.63) is 35.3 Å². The van der Waals surface area contributed by atoms with E-state index in [0.29, 0.717) is 0 Å². The third-order valence-corrected chi connectivity index (χ3v) is 3.34. The summed E-state index contributed by atoms with van der Waals surface area (Å²) in [6.07, 6.45) is 4.03. The van der Waals surface area contributed by atoms with Crippen LogP contribution >= 0.6 is 0 Å². The molecule has 1 aromatic carbocycles. The lowest BCUT2D eigenvalue weighted by Gasteiger charge is -2.16. The summed E-state index contributed by atoms with van der Waals surface area (Å²) in [5.74, 6) is -0.240. The Hall–Kier alpha value is -1.64. The predicted octanol–water partition coefficient (Wildman–Crippen LogP) is 2.93. The molecule has 0 unspecified atom stereocenters. The lowest BCUT2D eigenvalue weighted by Crippen LogP contribution is -2.10. The number of benzene rings is 1. The Balaban J connectivity index is 2.41. The van der Waals surface area contributed by atoms with E-state index in [1.807, 2.05) is 0 Å². The number of nitrogens with zero attached hydrogens (tertiary/aromatic N) is 1. The zero-order valence-corrected chi connectivity index (χ0v) is 8.87. The molecule has 0 amide bonds. The molecular weight excluding hydrogens is 205 g/mol. The number of aromatic nitrogens is 1. The van der Waals surface area contributed by atoms with Gasteiger partial charge in [-0.3, -0.25) is 4.79 Å². The number of carbonyl (C=O) groups excluding carboxylic acids is 1. The number of rotatable bonds is 1. The smallest absolute Gasteiger partial charge is 0.152 e. The summed E-state index contributed by atoms with van der Waals surface area (Å²) < 4.78 is 15.3. The van der Waals surface area contributed by atoms with Crippen LogP contribution < -0.4 is 0 Å². The van der Waals surface area contributed by atoms with E-state index in [4.69, 9.17) is 0 Å². The third-order valence-electron chi connectivity index (χ3n) is 3.34. The van der Waals surface area contributed by atoms with Crippen LogP contribution in [0.1, 0.15) is 28.9 Å². The highest BCUT2D eigenvalue weighted by Gasteiger charge is 2.19. The topological polar surface area (TPSA) is 22.0 Å². The largest absolute Gasteiger partial charge is 0.344 e. The van der Waals surface area contributed by atoms with Crippen LogP contribution in [-0.2, 0) is 13.0 Å². The Kier molecular flexibility index (Phi) is 2.06. The minimum Gasteiger partial charge on any atom is -0.344 e. The maximum Gasteiger partial charge on any atom is 0.152 e. The zero-order valence-electron chi connectivity index (χ0n) is 8.87. The molecule has 3 rings (SSSR count). The van der Waals surface area contributed by atoms with Crippen molar-refractivity contribution in [1.82, 2.24) is 4.57 Å². The van der Waals surface area contributed by atoms with Gasteiger partial charge >= 0.3 is 0 Å². The fraction of sp³-hybridized carbons (Fsp3) is 0.308. The van der Waals surface area contributed by atoms with Crippen LogP contribution in [0.4, 0.5) is 4.39 Å². The van der Waals surface area contributed by atoms with Crippen LogP contribution in [0.5, 0.6) is 0 Å². The highest BCUT2D eigenvalue weighted by molar-refractivity contribution is 5.99. The van der Waals surface area contributed by atoms with E-state index in [1.54, 1.807) is 6.07 Å². The summed E-state index contributed by atoms with van der Waals surface area (Å²) >= 11 is 0. The molecule has 3 heteroatoms. The van der Waals surface area contributed by atoms with Gasteiger partial charge in [-0.25, -0.2) is 4.39 Å². The maximum atomic E-state index is 13.2. The quantitative estimate of drug-likeness (QED) is 0.673. The minimum atomic E-state index is -0.240. The molecule has 2 aromatic rings. The summed E-state index contributed by atoms with van der Waals surface area (Å²) in [5.41, 5.74) is 2.67. The minimum absolute atomic E-state index is 0.240. The molecule has 0 N–H and O–H groups in total. The van der Waals surface area contributed by atoms with E-state index in [1.165, 1.54) is 12.1 Å². The zero-order chi connectivity index (χ0) is 11.1. The molecule has 1 aliphatic rings. The molecule has 0 radical (unpaired) electrons. The van der Waals surface area contributed by atoms with Gasteiger partial charge in [0.2, 0.25) is 0 Å². The predicted molar refractivity (Wildman–Crippen MR) is 60.2 cm³/mol. The number of aryl methyl sites for hydroxylation is 1. The van der Waals surface area contributed by atoms with E-state index in [0.717, 1.165) is 54.3 Å². The van der Waals surface area contributed by atoms with Gasteiger partial charge in [0.05, 0.1) is 5.52 Å². The van der Waals surface area contributed by atoms with Gasteiger partial charge in [0.1, 0.15) is 5.82 Å². The lowest BCUT2D eigenvalue weighted by molar-refractivity contribution is 0.112. The van der Waals surface area contributed by atoms with Gasteiger partial charge < -0.3 is 4.57 Å². The first-order valence-corrected chi connectivity index (χ1v) is 5.57. The van der Waals surface area contributed by atoms with Crippen LogP contribution in [0.15, 0.2) is 18.2 Å². The molecule has 0 aliphatic carbocycles. The molecule has 0 fully saturated rings. The number of hydrogen-bond donors (Lipinski definition) is 0. The van der Waals surface area contributed by atoms with E-state index in [9.17, 15) is 9.18 Å². The van der Waals surface area contributed by atoms with Gasteiger partial charge in [0, 0.05) is 23.2 Å². The summed E-state index contributed by atoms with van der Waals surface area (Å²) in [7, 11) is 0. The highest BCUT2D eigenvalue weighted by Crippen LogP contribution is 2.29. The van der Waals surface area contributed by atoms with E-state index < -0.39 is 0 Å². The molecule has 2 heterocycles. The molecule has 0 atom stereocenters. The highest BCUT2D eigenvalue weighted by atomic mass is 19.1. The Morgan fingerprint density at radius 1 is 1.31 bits per heavy atom. The van der Waals surface area contributed by atoms with Crippen molar-refractivity contribution in [2.24, 2.45) is 0 Å². The summed E-state index contributed by atoms with van der Waals surface area (Å²) in [5, 5.41) is 0.883. The molecule has 82 valence electrons. The molecule has 1 aromatic heterocycles. The molecule has 0 saturated carbocycles. The third kappa shape index (κ3) is 1.21. The normalized spacial score (nSPS) is 15.1. The van der Waals surface area contributed by atoms with Crippen molar-refractivity contribution < 1.29 is 9.18 Å². The number of aldehydes is 1. The second-order valence-electron chi connectivity index (χ2n) is 4.25. The number of halogens is 1. The number of carbonyl (C=O) groups is 1. The molecule has 0 saturated heterocycles. The van der Waals surface area contributed by atoms with Crippen LogP contribution in [0.25, 0.3) is 10.9 Å². The van der Waals surface area contributed by atoms with Crippen molar-refractivity contribution in [3.8, 4) is 0 Å². The van der Waals surface area contributed by atoms with Crippen molar-refractivity contribution in [2.75, 3.05) is 0 Å². The Bertz CT molecular complexity index is 571. The van der Waals surface area contributed by atoms with Crippen molar-refractivity contribution in [1.29, 1.82) is 0 Å². The molecule has 0 bridgehead atoms. The average Bonchev–Trinajstić information content (AvgIpc) is 2.62. The first-order valence-electron chi connectivity index (χ1n) is 5.57. The molecule has 2 nitrogen and oxygen atoms in total. The van der Waals surface area contributed by atoms with Gasteiger partial charge in [-0.2, -0.15) is 0 Å². The van der Waals surface area contributed by atoms with E-state index in [2.05, 4.69) is 4.57 Å². The van der Waals surface area contributed by atoms with Gasteiger partial charge in [-0.15, -0.1) is 0 Å². The summed E-state index contributed by atoms with van der Waals surface area (Å²) in [6, 6.07) is 4.65. The summed E-state index contributed by atoms with van der Waals surface area (Å²) in [4.78, 5) is 11.1. The summed E-state index contributed by atoms with van der Waals surface area (Å²) in [6.45, 7) is 0.892. The van der Waals surface area contributed by atoms with E-state index >= 15 is 0 Å². The Morgan fingerprint density at radius 3 is 3.00 bits per heavy atom. The second kappa shape index (κ2) is 3.44. The number of hydrogen-bond acceptors (Lipinski definition) is 1. The first kappa shape index (κ1) is 9.58. The molecule has 16 heavy (non-hydrogen) atoms. The Labute approximate surface area is 92.7 Å². The fourth-order valence-corrected chi connectivity index (χ4v) is 2.62. The fourth-order valence-electron chi connectivity index (χ4n) is 2.62. The van der Waals surface area contributed by atoms with Crippen LogP contribution in [0.2, 0.25) is 0 Å². The maximum absolute atomic E-state index is 13.2. The van der Waals surface area contributed by atoms with Gasteiger partial charge in [-0.05, 0) is 37.5 Å². The van der Waals surface area contributed by atoms with E-state index in [-0.39, 0.29) is 5.82 Å². The van der Waals surface area contributed by atoms with Crippen molar-refractivity contribution in [2.45, 2.75) is 25.8 Å². The van der Waals surface area contributed by atoms with Gasteiger partial charge in [0.15, 0.2) is 6.29 Å². The molecule has 1 aliphatic heterocycles. The van der Waals surface area contributed by atoms with Crippen molar-refractivity contribution in [3.63, 3.8) is 0 Å². The Morgan fingerprint density at radius 2 is 2.19 bits per heavy atom. The monoisotopic (exact) mass is 217 g/mol. The molecular formula is C13H12FNO. The average molecular weight is 217 g/mol. The van der Waals surface area contributed by atoms with Crippen LogP contribution in [-0.4, -0.2) is 10.9 Å². The number of fused-ring (bicyclic) bond motifs is 3.